The van der Waals surface area contributed by atoms with E-state index in [2.05, 4.69) is 29.5 Å². The van der Waals surface area contributed by atoms with Crippen molar-refractivity contribution in [3.05, 3.63) is 17.5 Å². The van der Waals surface area contributed by atoms with Crippen molar-refractivity contribution in [3.8, 4) is 0 Å². The zero-order chi connectivity index (χ0) is 28.2. The number of rotatable bonds is 6. The van der Waals surface area contributed by atoms with E-state index in [0.717, 1.165) is 38.0 Å². The SMILES string of the molecule is CC(C)n1nc(C2CCC(O[Si](C)(C)C)(C(F)(F)F)CC2)cc1C1[C@H]2CC(N3CCC4(C3)CS(=O)(=O)C4)C[C@@H]12. The van der Waals surface area contributed by atoms with Crippen LogP contribution < -0.4 is 0 Å². The summed E-state index contributed by atoms with van der Waals surface area (Å²) in [5.74, 6) is 2.52. The molecule has 5 aliphatic rings. The van der Waals surface area contributed by atoms with Gasteiger partial charge in [0.2, 0.25) is 0 Å². The molecule has 2 saturated heterocycles. The molecule has 6 nitrogen and oxygen atoms in total. The third-order valence-electron chi connectivity index (χ3n) is 10.3. The first-order valence-electron chi connectivity index (χ1n) is 14.8. The Labute approximate surface area is 232 Å². The lowest BCUT2D eigenvalue weighted by molar-refractivity contribution is -0.262. The van der Waals surface area contributed by atoms with Gasteiger partial charge in [-0.25, -0.2) is 8.42 Å². The Balaban J connectivity index is 1.11. The molecule has 1 aromatic rings. The number of fused-ring (bicyclic) bond motifs is 1. The van der Waals surface area contributed by atoms with Crippen LogP contribution in [0.25, 0.3) is 0 Å². The van der Waals surface area contributed by atoms with Gasteiger partial charge in [0.05, 0.1) is 17.2 Å². The van der Waals surface area contributed by atoms with Crippen molar-refractivity contribution in [2.75, 3.05) is 24.6 Å². The van der Waals surface area contributed by atoms with E-state index in [0.29, 0.717) is 48.1 Å². The van der Waals surface area contributed by atoms with Gasteiger partial charge in [-0.2, -0.15) is 18.3 Å². The molecule has 1 aromatic heterocycles. The molecule has 6 rings (SSSR count). The topological polar surface area (TPSA) is 64.4 Å². The van der Waals surface area contributed by atoms with E-state index in [1.807, 2.05) is 19.6 Å². The Bertz CT molecular complexity index is 1190. The summed E-state index contributed by atoms with van der Waals surface area (Å²) >= 11 is 0. The summed E-state index contributed by atoms with van der Waals surface area (Å²) in [6.45, 7) is 11.7. The molecule has 1 spiro atoms. The molecular weight excluding hydrogens is 543 g/mol. The van der Waals surface area contributed by atoms with Crippen molar-refractivity contribution >= 4 is 18.2 Å². The minimum atomic E-state index is -4.36. The molecule has 39 heavy (non-hydrogen) atoms. The normalized spacial score (nSPS) is 37.8. The molecule has 0 N–H and O–H groups in total. The molecular formula is C28H44F3N3O3SSi. The van der Waals surface area contributed by atoms with Crippen molar-refractivity contribution in [1.82, 2.24) is 14.7 Å². The summed E-state index contributed by atoms with van der Waals surface area (Å²) in [4.78, 5) is 2.56. The van der Waals surface area contributed by atoms with E-state index >= 15 is 0 Å². The van der Waals surface area contributed by atoms with Crippen molar-refractivity contribution in [2.24, 2.45) is 17.3 Å². The Hall–Kier alpha value is -0.913. The summed E-state index contributed by atoms with van der Waals surface area (Å²) in [5.41, 5.74) is 0.219. The third kappa shape index (κ3) is 5.05. The maximum Gasteiger partial charge on any atom is 0.416 e. The first-order valence-corrected chi connectivity index (χ1v) is 20.0. The number of sulfone groups is 1. The van der Waals surface area contributed by atoms with Crippen molar-refractivity contribution in [3.63, 3.8) is 0 Å². The largest absolute Gasteiger partial charge is 0.416 e. The standard InChI is InChI=1S/C28H44F3N3O3SSi/c1-18(2)34-24(14-23(32-34)19-6-8-27(9-7-19,28(29,30)31)37-39(3,4)5)25-21-12-20(13-22(21)25)33-11-10-26(15-33)16-38(35,36)17-26/h14,18-22,25H,6-13,15-17H2,1-5H3/t19?,20?,21-,22+,25?,27?. The third-order valence-corrected chi connectivity index (χ3v) is 13.4. The fourth-order valence-corrected chi connectivity index (χ4v) is 12.4. The van der Waals surface area contributed by atoms with Gasteiger partial charge in [0.15, 0.2) is 23.8 Å². The molecule has 3 heterocycles. The lowest BCUT2D eigenvalue weighted by Crippen LogP contribution is -2.54. The van der Waals surface area contributed by atoms with Gasteiger partial charge < -0.3 is 4.43 Å². The number of nitrogens with zero attached hydrogens (tertiary/aromatic N) is 3. The summed E-state index contributed by atoms with van der Waals surface area (Å²) in [5, 5.41) is 4.99. The fourth-order valence-electron chi connectivity index (χ4n) is 8.66. The zero-order valence-corrected chi connectivity index (χ0v) is 25.7. The number of hydrogen-bond donors (Lipinski definition) is 0. The molecule has 4 atom stereocenters. The lowest BCUT2D eigenvalue weighted by Gasteiger charge is -2.44. The molecule has 11 heteroatoms. The number of likely N-dealkylation sites (tertiary alicyclic amines) is 1. The zero-order valence-electron chi connectivity index (χ0n) is 23.9. The number of hydrogen-bond acceptors (Lipinski definition) is 5. The lowest BCUT2D eigenvalue weighted by atomic mass is 9.77. The van der Waals surface area contributed by atoms with Crippen LogP contribution in [-0.4, -0.2) is 73.8 Å². The molecule has 0 aromatic carbocycles. The van der Waals surface area contributed by atoms with Crippen molar-refractivity contribution < 1.29 is 26.0 Å². The van der Waals surface area contributed by atoms with Crippen molar-refractivity contribution in [1.29, 1.82) is 0 Å². The summed E-state index contributed by atoms with van der Waals surface area (Å²) in [6, 6.07) is 2.97. The van der Waals surface area contributed by atoms with E-state index in [-0.39, 0.29) is 30.2 Å². The van der Waals surface area contributed by atoms with Gasteiger partial charge >= 0.3 is 6.18 Å². The summed E-state index contributed by atoms with van der Waals surface area (Å²) < 4.78 is 74.0. The van der Waals surface area contributed by atoms with Gasteiger partial charge in [-0.15, -0.1) is 0 Å². The van der Waals surface area contributed by atoms with Crippen LogP contribution in [0, 0.1) is 17.3 Å². The maximum absolute atomic E-state index is 14.2. The molecule has 220 valence electrons. The van der Waals surface area contributed by atoms with Crippen LogP contribution >= 0.6 is 0 Å². The highest BCUT2D eigenvalue weighted by Crippen LogP contribution is 2.65. The average molecular weight is 588 g/mol. The van der Waals surface area contributed by atoms with E-state index in [4.69, 9.17) is 9.52 Å². The van der Waals surface area contributed by atoms with Crippen LogP contribution in [0.2, 0.25) is 19.6 Å². The van der Waals surface area contributed by atoms with Gasteiger partial charge in [0, 0.05) is 41.6 Å². The van der Waals surface area contributed by atoms with E-state index in [1.165, 1.54) is 5.69 Å². The quantitative estimate of drug-likeness (QED) is 0.389. The molecule has 0 amide bonds. The van der Waals surface area contributed by atoms with E-state index in [9.17, 15) is 21.6 Å². The average Bonchev–Trinajstić information content (AvgIpc) is 3.22. The molecule has 0 bridgehead atoms. The van der Waals surface area contributed by atoms with Crippen LogP contribution in [0.1, 0.15) is 88.1 Å². The minimum absolute atomic E-state index is 0.00426. The van der Waals surface area contributed by atoms with Crippen LogP contribution in [0.4, 0.5) is 13.2 Å². The molecule has 2 aliphatic heterocycles. The van der Waals surface area contributed by atoms with Crippen LogP contribution in [0.15, 0.2) is 6.07 Å². The Kier molecular flexibility index (Phi) is 6.54. The first-order chi connectivity index (χ1) is 18.0. The van der Waals surface area contributed by atoms with Gasteiger partial charge in [0.1, 0.15) is 0 Å². The van der Waals surface area contributed by atoms with E-state index < -0.39 is 29.9 Å². The van der Waals surface area contributed by atoms with E-state index in [1.54, 1.807) is 0 Å². The Morgan fingerprint density at radius 3 is 2.21 bits per heavy atom. The molecule has 0 radical (unpaired) electrons. The van der Waals surface area contributed by atoms with Crippen molar-refractivity contribution in [2.45, 2.75) is 114 Å². The highest BCUT2D eigenvalue weighted by molar-refractivity contribution is 7.92. The van der Waals surface area contributed by atoms with Crippen LogP contribution in [-0.2, 0) is 14.3 Å². The minimum Gasteiger partial charge on any atom is -0.404 e. The molecule has 3 aliphatic carbocycles. The Morgan fingerprint density at radius 1 is 1.08 bits per heavy atom. The second kappa shape index (κ2) is 9.04. The monoisotopic (exact) mass is 587 g/mol. The molecule has 2 unspecified atom stereocenters. The second-order valence-electron chi connectivity index (χ2n) is 14.7. The van der Waals surface area contributed by atoms with Gasteiger partial charge in [-0.3, -0.25) is 9.58 Å². The predicted molar refractivity (Wildman–Crippen MR) is 147 cm³/mol. The smallest absolute Gasteiger partial charge is 0.404 e. The summed E-state index contributed by atoms with van der Waals surface area (Å²) in [7, 11) is -5.17. The van der Waals surface area contributed by atoms with Gasteiger partial charge in [0.25, 0.3) is 0 Å². The number of halogens is 3. The molecule has 5 fully saturated rings. The van der Waals surface area contributed by atoms with Crippen LogP contribution in [0.3, 0.4) is 0 Å². The fraction of sp³-hybridized carbons (Fsp3) is 0.893. The highest BCUT2D eigenvalue weighted by Gasteiger charge is 2.61. The maximum atomic E-state index is 14.2. The summed E-state index contributed by atoms with van der Waals surface area (Å²) in [6.07, 6.45) is -0.135. The van der Waals surface area contributed by atoms with Crippen LogP contribution in [0.5, 0.6) is 0 Å². The molecule has 3 saturated carbocycles. The second-order valence-corrected chi connectivity index (χ2v) is 21.2. The Morgan fingerprint density at radius 2 is 1.69 bits per heavy atom. The number of aromatic nitrogens is 2. The first kappa shape index (κ1) is 28.2. The predicted octanol–water partition coefficient (Wildman–Crippen LogP) is 5.89. The highest BCUT2D eigenvalue weighted by atomic mass is 32.2. The number of alkyl halides is 3. The van der Waals surface area contributed by atoms with Gasteiger partial charge in [-0.05, 0) is 103 Å². The van der Waals surface area contributed by atoms with Gasteiger partial charge in [-0.1, -0.05) is 0 Å².